The maximum atomic E-state index is 13.2. The van der Waals surface area contributed by atoms with E-state index in [0.29, 0.717) is 46.0 Å². The van der Waals surface area contributed by atoms with Gasteiger partial charge in [0, 0.05) is 24.3 Å². The third-order valence-corrected chi connectivity index (χ3v) is 7.31. The fraction of sp³-hybridized carbons (Fsp3) is 0.536. The third kappa shape index (κ3) is 6.42. The number of carbonyl (C=O) groups excluding carboxylic acids is 4. The Kier molecular flexibility index (Phi) is 8.53. The number of hydrogen-bond acceptors (Lipinski definition) is 10. The standard InChI is InChI=1S/C28H34ClN3O9/c1-15(33)39-13-18-24-16(22-17(31-18)7-8-20(37-5)23(22)29)9-10-28(40-24)11-19(25(35)38-6)32(14-28)21(34)12-30-26(36)41-27(2,3)4/h7-8,19H,9-14H2,1-6H3,(H,30,36). The Hall–Kier alpha value is -3.80. The molecule has 1 saturated heterocycles. The Morgan fingerprint density at radius 3 is 2.59 bits per heavy atom. The molecule has 222 valence electrons. The first-order valence-corrected chi connectivity index (χ1v) is 13.5. The molecule has 12 nitrogen and oxygen atoms in total. The van der Waals surface area contributed by atoms with Gasteiger partial charge in [-0.3, -0.25) is 9.59 Å². The highest BCUT2D eigenvalue weighted by Gasteiger charge is 2.53. The second-order valence-corrected chi connectivity index (χ2v) is 11.4. The lowest BCUT2D eigenvalue weighted by Gasteiger charge is -2.37. The highest BCUT2D eigenvalue weighted by atomic mass is 35.5. The quantitative estimate of drug-likeness (QED) is 0.392. The number of benzene rings is 1. The second-order valence-electron chi connectivity index (χ2n) is 11.0. The summed E-state index contributed by atoms with van der Waals surface area (Å²) >= 11 is 6.69. The largest absolute Gasteiger partial charge is 0.495 e. The molecule has 1 spiro atoms. The summed E-state index contributed by atoms with van der Waals surface area (Å²) in [5.41, 5.74) is 0.0170. The van der Waals surface area contributed by atoms with Gasteiger partial charge in [0.15, 0.2) is 0 Å². The second kappa shape index (κ2) is 11.6. The van der Waals surface area contributed by atoms with E-state index in [1.54, 1.807) is 32.9 Å². The molecular weight excluding hydrogens is 558 g/mol. The molecule has 0 radical (unpaired) electrons. The van der Waals surface area contributed by atoms with Crippen molar-refractivity contribution in [1.82, 2.24) is 15.2 Å². The summed E-state index contributed by atoms with van der Waals surface area (Å²) in [4.78, 5) is 55.8. The van der Waals surface area contributed by atoms with Crippen molar-refractivity contribution in [2.75, 3.05) is 27.3 Å². The number of ether oxygens (including phenoxy) is 5. The van der Waals surface area contributed by atoms with Gasteiger partial charge in [0.2, 0.25) is 5.91 Å². The van der Waals surface area contributed by atoms with E-state index < -0.39 is 41.2 Å². The topological polar surface area (TPSA) is 143 Å². The molecule has 2 aromatic rings. The zero-order valence-corrected chi connectivity index (χ0v) is 24.7. The summed E-state index contributed by atoms with van der Waals surface area (Å²) in [5, 5.41) is 3.47. The average molecular weight is 592 g/mol. The molecule has 2 aliphatic rings. The van der Waals surface area contributed by atoms with Gasteiger partial charge >= 0.3 is 18.0 Å². The Morgan fingerprint density at radius 1 is 1.22 bits per heavy atom. The molecule has 2 atom stereocenters. The fourth-order valence-corrected chi connectivity index (χ4v) is 5.54. The van der Waals surface area contributed by atoms with Crippen LogP contribution < -0.4 is 14.8 Å². The van der Waals surface area contributed by atoms with E-state index in [4.69, 9.17) is 35.3 Å². The summed E-state index contributed by atoms with van der Waals surface area (Å²) in [5.74, 6) is -0.740. The number of rotatable bonds is 6. The van der Waals surface area contributed by atoms with Crippen LogP contribution in [0, 0.1) is 0 Å². The molecule has 1 aromatic heterocycles. The predicted molar refractivity (Wildman–Crippen MR) is 147 cm³/mol. The number of aryl methyl sites for hydroxylation is 1. The van der Waals surface area contributed by atoms with E-state index in [1.165, 1.54) is 26.0 Å². The van der Waals surface area contributed by atoms with Crippen molar-refractivity contribution in [3.05, 3.63) is 28.4 Å². The number of esters is 2. The summed E-state index contributed by atoms with van der Waals surface area (Å²) in [6.45, 7) is 5.95. The number of methoxy groups -OCH3 is 2. The van der Waals surface area contributed by atoms with Gasteiger partial charge in [-0.15, -0.1) is 0 Å². The molecule has 0 aliphatic carbocycles. The van der Waals surface area contributed by atoms with Gasteiger partial charge in [-0.05, 0) is 45.7 Å². The summed E-state index contributed by atoms with van der Waals surface area (Å²) in [6.07, 6.45) is 0.308. The number of fused-ring (bicyclic) bond motifs is 3. The number of aromatic nitrogens is 1. The van der Waals surface area contributed by atoms with Crippen LogP contribution in [0.3, 0.4) is 0 Å². The lowest BCUT2D eigenvalue weighted by Crippen LogP contribution is -2.48. The van der Waals surface area contributed by atoms with Crippen LogP contribution in [-0.2, 0) is 41.6 Å². The molecule has 2 aliphatic heterocycles. The van der Waals surface area contributed by atoms with Crippen LogP contribution in [0.5, 0.6) is 11.5 Å². The predicted octanol–water partition coefficient (Wildman–Crippen LogP) is 3.32. The van der Waals surface area contributed by atoms with E-state index in [0.717, 1.165) is 5.56 Å². The molecule has 0 bridgehead atoms. The van der Waals surface area contributed by atoms with E-state index in [1.807, 2.05) is 0 Å². The molecule has 2 unspecified atom stereocenters. The van der Waals surface area contributed by atoms with Gasteiger partial charge in [0.1, 0.15) is 47.6 Å². The molecule has 0 saturated carbocycles. The molecule has 4 rings (SSSR count). The zero-order chi connectivity index (χ0) is 30.1. The zero-order valence-electron chi connectivity index (χ0n) is 23.9. The summed E-state index contributed by atoms with van der Waals surface area (Å²) in [6, 6.07) is 2.53. The number of pyridine rings is 1. The van der Waals surface area contributed by atoms with Crippen LogP contribution in [0.1, 0.15) is 51.8 Å². The number of hydrogen-bond donors (Lipinski definition) is 1. The van der Waals surface area contributed by atoms with E-state index in [-0.39, 0.29) is 26.1 Å². The van der Waals surface area contributed by atoms with E-state index in [9.17, 15) is 19.2 Å². The molecule has 2 amide bonds. The number of likely N-dealkylation sites (tertiary alicyclic amines) is 1. The highest BCUT2D eigenvalue weighted by Crippen LogP contribution is 2.47. The van der Waals surface area contributed by atoms with Gasteiger partial charge in [-0.1, -0.05) is 11.6 Å². The first kappa shape index (κ1) is 30.2. The van der Waals surface area contributed by atoms with Gasteiger partial charge in [0.05, 0.1) is 31.3 Å². The molecule has 1 N–H and O–H groups in total. The Balaban J connectivity index is 1.67. The third-order valence-electron chi connectivity index (χ3n) is 6.94. The minimum Gasteiger partial charge on any atom is -0.495 e. The van der Waals surface area contributed by atoms with Crippen LogP contribution >= 0.6 is 11.6 Å². The number of carbonyl (C=O) groups is 4. The maximum Gasteiger partial charge on any atom is 0.408 e. The Morgan fingerprint density at radius 2 is 1.95 bits per heavy atom. The van der Waals surface area contributed by atoms with Gasteiger partial charge in [-0.25, -0.2) is 14.6 Å². The SMILES string of the molecule is COC(=O)C1CC2(CCc3c(c(COC(C)=O)nc4ccc(OC)c(Cl)c34)O2)CN1C(=O)CNC(=O)OC(C)(C)C. The van der Waals surface area contributed by atoms with Crippen molar-refractivity contribution in [2.45, 2.75) is 70.8 Å². The summed E-state index contributed by atoms with van der Waals surface area (Å²) < 4.78 is 27.5. The normalized spacial score (nSPS) is 19.8. The molecule has 1 aromatic carbocycles. The fourth-order valence-electron chi connectivity index (χ4n) is 5.19. The van der Waals surface area contributed by atoms with Crippen molar-refractivity contribution in [2.24, 2.45) is 0 Å². The van der Waals surface area contributed by atoms with Crippen LogP contribution in [0.2, 0.25) is 5.02 Å². The van der Waals surface area contributed by atoms with Crippen LogP contribution in [0.25, 0.3) is 10.9 Å². The first-order chi connectivity index (χ1) is 19.3. The van der Waals surface area contributed by atoms with Gasteiger partial charge < -0.3 is 33.9 Å². The van der Waals surface area contributed by atoms with Crippen molar-refractivity contribution >= 4 is 46.4 Å². The van der Waals surface area contributed by atoms with Crippen molar-refractivity contribution in [3.8, 4) is 11.5 Å². The molecular formula is C28H34ClN3O9. The smallest absolute Gasteiger partial charge is 0.408 e. The van der Waals surface area contributed by atoms with Crippen LogP contribution in [0.4, 0.5) is 4.79 Å². The van der Waals surface area contributed by atoms with Crippen LogP contribution in [0.15, 0.2) is 12.1 Å². The summed E-state index contributed by atoms with van der Waals surface area (Å²) in [7, 11) is 2.76. The van der Waals surface area contributed by atoms with Gasteiger partial charge in [0.25, 0.3) is 0 Å². The van der Waals surface area contributed by atoms with E-state index in [2.05, 4.69) is 10.3 Å². The number of alkyl carbamates (subject to hydrolysis) is 1. The van der Waals surface area contributed by atoms with E-state index >= 15 is 0 Å². The number of nitrogens with one attached hydrogen (secondary N) is 1. The number of amides is 2. The minimum atomic E-state index is -0.973. The lowest BCUT2D eigenvalue weighted by atomic mass is 9.87. The molecule has 3 heterocycles. The Labute approximate surface area is 242 Å². The lowest BCUT2D eigenvalue weighted by molar-refractivity contribution is -0.150. The monoisotopic (exact) mass is 591 g/mol. The molecule has 13 heteroatoms. The molecule has 1 fully saturated rings. The van der Waals surface area contributed by atoms with Crippen molar-refractivity contribution in [1.29, 1.82) is 0 Å². The highest BCUT2D eigenvalue weighted by molar-refractivity contribution is 6.37. The minimum absolute atomic E-state index is 0.0535. The number of halogens is 1. The van der Waals surface area contributed by atoms with Crippen molar-refractivity contribution in [3.63, 3.8) is 0 Å². The average Bonchev–Trinajstić information content (AvgIpc) is 3.27. The molecule has 41 heavy (non-hydrogen) atoms. The number of nitrogens with zero attached hydrogens (tertiary/aromatic N) is 2. The first-order valence-electron chi connectivity index (χ1n) is 13.1. The Bertz CT molecular complexity index is 1390. The van der Waals surface area contributed by atoms with Crippen LogP contribution in [-0.4, -0.2) is 78.4 Å². The van der Waals surface area contributed by atoms with Crippen molar-refractivity contribution < 1.29 is 42.9 Å². The maximum absolute atomic E-state index is 13.2. The van der Waals surface area contributed by atoms with Gasteiger partial charge in [-0.2, -0.15) is 0 Å².